The van der Waals surface area contributed by atoms with Crippen molar-refractivity contribution in [1.82, 2.24) is 5.32 Å². The monoisotopic (exact) mass is 298 g/mol. The molecule has 1 saturated carbocycles. The molecule has 1 aliphatic heterocycles. The van der Waals surface area contributed by atoms with Crippen molar-refractivity contribution < 1.29 is 9.53 Å². The van der Waals surface area contributed by atoms with Crippen LogP contribution in [0.5, 0.6) is 0 Å². The van der Waals surface area contributed by atoms with Gasteiger partial charge in [-0.2, -0.15) is 0 Å². The van der Waals surface area contributed by atoms with Crippen LogP contribution >= 0.6 is 12.2 Å². The summed E-state index contributed by atoms with van der Waals surface area (Å²) in [6, 6.07) is 0. The smallest absolute Gasteiger partial charge is 0.233 e. The van der Waals surface area contributed by atoms with E-state index in [9.17, 15) is 4.79 Å². The van der Waals surface area contributed by atoms with Crippen molar-refractivity contribution in [2.45, 2.75) is 70.4 Å². The summed E-state index contributed by atoms with van der Waals surface area (Å²) in [5, 5.41) is 3.19. The fourth-order valence-corrected chi connectivity index (χ4v) is 3.59. The molecule has 0 aromatic carbocycles. The summed E-state index contributed by atoms with van der Waals surface area (Å²) in [5.41, 5.74) is 5.00. The second kappa shape index (κ2) is 5.98. The molecule has 2 rings (SSSR count). The molecule has 2 unspecified atom stereocenters. The van der Waals surface area contributed by atoms with Crippen molar-refractivity contribution in [3.63, 3.8) is 0 Å². The molecule has 5 heteroatoms. The van der Waals surface area contributed by atoms with Gasteiger partial charge in [-0.25, -0.2) is 0 Å². The fourth-order valence-electron chi connectivity index (χ4n) is 3.30. The highest BCUT2D eigenvalue weighted by Gasteiger charge is 2.46. The zero-order valence-electron chi connectivity index (χ0n) is 12.5. The number of carbonyl (C=O) groups excluding carboxylic acids is 1. The third kappa shape index (κ3) is 2.84. The summed E-state index contributed by atoms with van der Waals surface area (Å²) < 4.78 is 5.60. The van der Waals surface area contributed by atoms with Gasteiger partial charge in [-0.3, -0.25) is 4.79 Å². The molecule has 0 aromatic rings. The third-order valence-electron chi connectivity index (χ3n) is 5.15. The lowest BCUT2D eigenvalue weighted by Crippen LogP contribution is -2.58. The summed E-state index contributed by atoms with van der Waals surface area (Å²) in [4.78, 5) is 13.2. The Hall–Kier alpha value is -0.680. The molecular formula is C15H26N2O2S. The van der Waals surface area contributed by atoms with Gasteiger partial charge in [0.05, 0.1) is 22.0 Å². The molecule has 114 valence electrons. The molecule has 20 heavy (non-hydrogen) atoms. The van der Waals surface area contributed by atoms with E-state index in [4.69, 9.17) is 22.7 Å². The van der Waals surface area contributed by atoms with Gasteiger partial charge in [0.1, 0.15) is 0 Å². The molecule has 0 aromatic heterocycles. The van der Waals surface area contributed by atoms with Crippen LogP contribution in [0.2, 0.25) is 0 Å². The van der Waals surface area contributed by atoms with Crippen molar-refractivity contribution in [3.8, 4) is 0 Å². The number of thiocarbonyl (C=S) groups is 1. The van der Waals surface area contributed by atoms with Gasteiger partial charge < -0.3 is 15.8 Å². The molecule has 0 radical (unpaired) electrons. The first-order chi connectivity index (χ1) is 9.41. The SMILES string of the molecule is CC1OCCC1(C)NC(=O)C1(C(N)=S)CCCCCC1. The van der Waals surface area contributed by atoms with E-state index in [2.05, 4.69) is 5.32 Å². The second-order valence-electron chi connectivity index (χ2n) is 6.50. The van der Waals surface area contributed by atoms with Crippen LogP contribution in [0.15, 0.2) is 0 Å². The summed E-state index contributed by atoms with van der Waals surface area (Å²) in [5.74, 6) is 0.00625. The summed E-state index contributed by atoms with van der Waals surface area (Å²) in [6.45, 7) is 4.75. The Bertz CT molecular complexity index is 391. The van der Waals surface area contributed by atoms with Gasteiger partial charge in [0, 0.05) is 6.61 Å². The van der Waals surface area contributed by atoms with E-state index < -0.39 is 5.41 Å². The van der Waals surface area contributed by atoms with Gasteiger partial charge in [-0.1, -0.05) is 37.9 Å². The molecule has 1 aliphatic carbocycles. The second-order valence-corrected chi connectivity index (χ2v) is 6.94. The van der Waals surface area contributed by atoms with Crippen LogP contribution in [0.4, 0.5) is 0 Å². The van der Waals surface area contributed by atoms with E-state index in [0.29, 0.717) is 11.6 Å². The molecule has 1 heterocycles. The summed E-state index contributed by atoms with van der Waals surface area (Å²) in [7, 11) is 0. The number of rotatable bonds is 3. The zero-order valence-corrected chi connectivity index (χ0v) is 13.4. The lowest BCUT2D eigenvalue weighted by Gasteiger charge is -2.36. The van der Waals surface area contributed by atoms with Crippen molar-refractivity contribution in [3.05, 3.63) is 0 Å². The Balaban J connectivity index is 2.17. The highest BCUT2D eigenvalue weighted by atomic mass is 32.1. The Morgan fingerprint density at radius 2 is 1.85 bits per heavy atom. The number of ether oxygens (including phenoxy) is 1. The maximum absolute atomic E-state index is 12.9. The molecule has 4 nitrogen and oxygen atoms in total. The maximum Gasteiger partial charge on any atom is 0.233 e. The number of carbonyl (C=O) groups is 1. The molecule has 2 fully saturated rings. The van der Waals surface area contributed by atoms with Gasteiger partial charge in [-0.05, 0) is 33.1 Å². The van der Waals surface area contributed by atoms with Crippen molar-refractivity contribution in [2.75, 3.05) is 6.61 Å². The van der Waals surface area contributed by atoms with Crippen LogP contribution < -0.4 is 11.1 Å². The Morgan fingerprint density at radius 1 is 1.25 bits per heavy atom. The van der Waals surface area contributed by atoms with Gasteiger partial charge >= 0.3 is 0 Å². The molecule has 0 bridgehead atoms. The molecular weight excluding hydrogens is 272 g/mol. The largest absolute Gasteiger partial charge is 0.392 e. The summed E-state index contributed by atoms with van der Waals surface area (Å²) in [6.07, 6.45) is 6.79. The van der Waals surface area contributed by atoms with Gasteiger partial charge in [-0.15, -0.1) is 0 Å². The number of hydrogen-bond acceptors (Lipinski definition) is 3. The van der Waals surface area contributed by atoms with E-state index in [-0.39, 0.29) is 17.6 Å². The molecule has 0 spiro atoms. The highest BCUT2D eigenvalue weighted by Crippen LogP contribution is 2.37. The standard InChI is InChI=1S/C15H26N2O2S/c1-11-14(2,9-10-19-11)17-13(18)15(12(16)20)7-5-3-4-6-8-15/h11H,3-10H2,1-2H3,(H2,16,20)(H,17,18). The zero-order chi connectivity index (χ0) is 14.8. The van der Waals surface area contributed by atoms with Crippen LogP contribution in [0, 0.1) is 5.41 Å². The molecule has 3 N–H and O–H groups in total. The van der Waals surface area contributed by atoms with Crippen LogP contribution in [-0.2, 0) is 9.53 Å². The number of nitrogens with two attached hydrogens (primary N) is 1. The van der Waals surface area contributed by atoms with E-state index in [1.807, 2.05) is 13.8 Å². The highest BCUT2D eigenvalue weighted by molar-refractivity contribution is 7.80. The Morgan fingerprint density at radius 3 is 2.30 bits per heavy atom. The van der Waals surface area contributed by atoms with E-state index >= 15 is 0 Å². The molecule has 1 amide bonds. The van der Waals surface area contributed by atoms with E-state index in [0.717, 1.165) is 44.9 Å². The quantitative estimate of drug-likeness (QED) is 0.620. The molecule has 2 aliphatic rings. The van der Waals surface area contributed by atoms with Crippen LogP contribution in [0.1, 0.15) is 58.8 Å². The first-order valence-electron chi connectivity index (χ1n) is 7.65. The lowest BCUT2D eigenvalue weighted by atomic mass is 9.78. The molecule has 2 atom stereocenters. The number of hydrogen-bond donors (Lipinski definition) is 2. The number of amides is 1. The minimum atomic E-state index is -0.656. The minimum absolute atomic E-state index is 0.00625. The predicted octanol–water partition coefficient (Wildman–Crippen LogP) is 2.30. The lowest BCUT2D eigenvalue weighted by molar-refractivity contribution is -0.130. The van der Waals surface area contributed by atoms with Gasteiger partial charge in [0.2, 0.25) is 5.91 Å². The van der Waals surface area contributed by atoms with Crippen molar-refractivity contribution >= 4 is 23.1 Å². The van der Waals surface area contributed by atoms with Gasteiger partial charge in [0.15, 0.2) is 0 Å². The van der Waals surface area contributed by atoms with Crippen molar-refractivity contribution in [2.24, 2.45) is 11.1 Å². The van der Waals surface area contributed by atoms with E-state index in [1.165, 1.54) is 0 Å². The van der Waals surface area contributed by atoms with Crippen LogP contribution in [0.3, 0.4) is 0 Å². The van der Waals surface area contributed by atoms with Crippen molar-refractivity contribution in [1.29, 1.82) is 0 Å². The third-order valence-corrected chi connectivity index (χ3v) is 5.54. The normalized spacial score (nSPS) is 33.4. The first-order valence-corrected chi connectivity index (χ1v) is 8.06. The van der Waals surface area contributed by atoms with Gasteiger partial charge in [0.25, 0.3) is 0 Å². The summed E-state index contributed by atoms with van der Waals surface area (Å²) >= 11 is 5.26. The Labute approximate surface area is 126 Å². The van der Waals surface area contributed by atoms with Crippen LogP contribution in [0.25, 0.3) is 0 Å². The first kappa shape index (κ1) is 15.7. The maximum atomic E-state index is 12.9. The fraction of sp³-hybridized carbons (Fsp3) is 0.867. The average molecular weight is 298 g/mol. The minimum Gasteiger partial charge on any atom is -0.392 e. The predicted molar refractivity (Wildman–Crippen MR) is 83.5 cm³/mol. The average Bonchev–Trinajstić information content (AvgIpc) is 2.62. The Kier molecular flexibility index (Phi) is 4.69. The number of nitrogens with one attached hydrogen (secondary N) is 1. The topological polar surface area (TPSA) is 64.3 Å². The van der Waals surface area contributed by atoms with E-state index in [1.54, 1.807) is 0 Å². The molecule has 1 saturated heterocycles. The van der Waals surface area contributed by atoms with Crippen LogP contribution in [-0.4, -0.2) is 29.1 Å².